The molecule has 2 aliphatic carbocycles. The van der Waals surface area contributed by atoms with Gasteiger partial charge in [0.25, 0.3) is 0 Å². The van der Waals surface area contributed by atoms with E-state index in [1.807, 2.05) is 81.1 Å². The molecular weight excluding hydrogens is 732 g/mol. The number of hydrogen-bond acceptors (Lipinski definition) is 8. The first-order chi connectivity index (χ1) is 27.4. The number of H-pyrrole nitrogens is 2. The maximum Gasteiger partial charge on any atom is 0.407 e. The number of amides is 4. The topological polar surface area (TPSA) is 175 Å². The van der Waals surface area contributed by atoms with E-state index in [1.54, 1.807) is 11.1 Å². The van der Waals surface area contributed by atoms with Crippen LogP contribution in [0.1, 0.15) is 77.1 Å². The SMILES string of the molecule is COC(=O)N[C@H](C(=O)N1C2CC2C[C@H]1c1nc(-c2ccc(-c3ccc(-c4cnc([C@@H]5C[C@H]6C[C@H]6N5C(=O)[C@@H](NC(=O)OC)C(C)C)[nH]4)cc3)cc2)c(F)[nH]1)C(C)C. The van der Waals surface area contributed by atoms with Crippen molar-refractivity contribution in [1.82, 2.24) is 40.4 Å². The summed E-state index contributed by atoms with van der Waals surface area (Å²) in [6, 6.07) is 13.7. The summed E-state index contributed by atoms with van der Waals surface area (Å²) in [4.78, 5) is 70.9. The van der Waals surface area contributed by atoms with E-state index in [1.165, 1.54) is 14.2 Å². The average Bonchev–Trinajstić information content (AvgIpc) is 3.85. The highest BCUT2D eigenvalue weighted by molar-refractivity contribution is 5.88. The van der Waals surface area contributed by atoms with Crippen molar-refractivity contribution in [1.29, 1.82) is 0 Å². The maximum atomic E-state index is 15.5. The minimum Gasteiger partial charge on any atom is -0.453 e. The summed E-state index contributed by atoms with van der Waals surface area (Å²) in [5.74, 6) is 0.664. The number of carbonyl (C=O) groups is 4. The Bertz CT molecular complexity index is 2170. The molecule has 0 radical (unpaired) electrons. The number of fused-ring (bicyclic) bond motifs is 2. The van der Waals surface area contributed by atoms with Crippen molar-refractivity contribution in [3.05, 3.63) is 72.3 Å². The van der Waals surface area contributed by atoms with E-state index in [4.69, 9.17) is 14.5 Å². The number of nitrogens with one attached hydrogen (secondary N) is 4. The molecule has 0 bridgehead atoms. The molecule has 15 heteroatoms. The third kappa shape index (κ3) is 7.23. The molecule has 4 heterocycles. The molecule has 4 aliphatic rings. The van der Waals surface area contributed by atoms with Crippen LogP contribution in [0, 0.1) is 29.6 Å². The maximum absolute atomic E-state index is 15.5. The molecule has 2 saturated heterocycles. The Kier molecular flexibility index (Phi) is 10.0. The van der Waals surface area contributed by atoms with Gasteiger partial charge in [-0.15, -0.1) is 0 Å². The Labute approximate surface area is 330 Å². The summed E-state index contributed by atoms with van der Waals surface area (Å²) in [5, 5.41) is 5.39. The molecule has 2 aromatic carbocycles. The number of methoxy groups -OCH3 is 2. The van der Waals surface area contributed by atoms with Gasteiger partial charge in [0, 0.05) is 17.6 Å². The number of likely N-dealkylation sites (tertiary alicyclic amines) is 2. The molecule has 8 atom stereocenters. The molecular formula is C42H49FN8O6. The van der Waals surface area contributed by atoms with Gasteiger partial charge in [-0.3, -0.25) is 9.59 Å². The molecule has 2 aromatic heterocycles. The van der Waals surface area contributed by atoms with Crippen molar-refractivity contribution >= 4 is 24.0 Å². The Morgan fingerprint density at radius 1 is 0.684 bits per heavy atom. The normalized spacial score (nSPS) is 24.2. The van der Waals surface area contributed by atoms with Crippen molar-refractivity contribution in [3.8, 4) is 33.6 Å². The fourth-order valence-corrected chi connectivity index (χ4v) is 8.79. The molecule has 2 saturated carbocycles. The van der Waals surface area contributed by atoms with Gasteiger partial charge in [-0.2, -0.15) is 4.39 Å². The minimum absolute atomic E-state index is 0.0421. The van der Waals surface area contributed by atoms with Crippen LogP contribution in [0.2, 0.25) is 0 Å². The number of alkyl carbamates (subject to hydrolysis) is 2. The fourth-order valence-electron chi connectivity index (χ4n) is 8.79. The lowest BCUT2D eigenvalue weighted by Gasteiger charge is -2.31. The minimum atomic E-state index is -0.774. The zero-order valence-corrected chi connectivity index (χ0v) is 32.9. The number of aromatic nitrogens is 4. The molecule has 4 amide bonds. The van der Waals surface area contributed by atoms with E-state index in [-0.39, 0.29) is 47.5 Å². The third-order valence-electron chi connectivity index (χ3n) is 12.1. The highest BCUT2D eigenvalue weighted by Gasteiger charge is 2.57. The third-order valence-corrected chi connectivity index (χ3v) is 12.1. The summed E-state index contributed by atoms with van der Waals surface area (Å²) in [6.07, 6.45) is 3.82. The fraction of sp³-hybridized carbons (Fsp3) is 0.476. The summed E-state index contributed by atoms with van der Waals surface area (Å²) in [6.45, 7) is 7.53. The predicted octanol–water partition coefficient (Wildman–Crippen LogP) is 6.36. The van der Waals surface area contributed by atoms with Crippen molar-refractivity contribution < 1.29 is 33.0 Å². The van der Waals surface area contributed by atoms with E-state index in [0.29, 0.717) is 29.6 Å². The lowest BCUT2D eigenvalue weighted by molar-refractivity contribution is -0.137. The van der Waals surface area contributed by atoms with Gasteiger partial charge >= 0.3 is 12.2 Å². The van der Waals surface area contributed by atoms with Crippen LogP contribution in [0.25, 0.3) is 33.6 Å². The molecule has 4 fully saturated rings. The first-order valence-electron chi connectivity index (χ1n) is 19.7. The second kappa shape index (κ2) is 15.0. The quantitative estimate of drug-likeness (QED) is 0.136. The molecule has 2 unspecified atom stereocenters. The number of halogens is 1. The Morgan fingerprint density at radius 3 is 1.61 bits per heavy atom. The summed E-state index contributed by atoms with van der Waals surface area (Å²) in [7, 11) is 2.55. The second-order valence-corrected chi connectivity index (χ2v) is 16.5. The highest BCUT2D eigenvalue weighted by Crippen LogP contribution is 2.54. The van der Waals surface area contributed by atoms with Gasteiger partial charge in [-0.25, -0.2) is 19.6 Å². The number of rotatable bonds is 11. The molecule has 2 aliphatic heterocycles. The predicted molar refractivity (Wildman–Crippen MR) is 208 cm³/mol. The first-order valence-corrected chi connectivity index (χ1v) is 19.7. The zero-order chi connectivity index (χ0) is 40.3. The molecule has 300 valence electrons. The number of nitrogens with zero attached hydrogens (tertiary/aromatic N) is 4. The first kappa shape index (κ1) is 38.2. The number of ether oxygens (including phenoxy) is 2. The number of piperidine rings is 2. The van der Waals surface area contributed by atoms with E-state index in [9.17, 15) is 19.2 Å². The van der Waals surface area contributed by atoms with Crippen LogP contribution in [0.3, 0.4) is 0 Å². The zero-order valence-electron chi connectivity index (χ0n) is 32.9. The summed E-state index contributed by atoms with van der Waals surface area (Å²) >= 11 is 0. The van der Waals surface area contributed by atoms with Crippen molar-refractivity contribution in [2.75, 3.05) is 14.2 Å². The van der Waals surface area contributed by atoms with Crippen molar-refractivity contribution in [2.45, 2.75) is 89.6 Å². The molecule has 0 spiro atoms. The van der Waals surface area contributed by atoms with Gasteiger partial charge in [0.15, 0.2) is 0 Å². The molecule has 4 N–H and O–H groups in total. The van der Waals surface area contributed by atoms with Crippen LogP contribution in [0.5, 0.6) is 0 Å². The van der Waals surface area contributed by atoms with Gasteiger partial charge < -0.3 is 39.9 Å². The van der Waals surface area contributed by atoms with Gasteiger partial charge in [0.2, 0.25) is 17.8 Å². The summed E-state index contributed by atoms with van der Waals surface area (Å²) in [5.41, 5.74) is 4.47. The van der Waals surface area contributed by atoms with E-state index in [2.05, 4.69) is 25.6 Å². The van der Waals surface area contributed by atoms with Gasteiger partial charge in [0.1, 0.15) is 29.4 Å². The van der Waals surface area contributed by atoms with Crippen LogP contribution in [0.15, 0.2) is 54.7 Å². The number of benzene rings is 2. The highest BCUT2D eigenvalue weighted by atomic mass is 19.1. The van der Waals surface area contributed by atoms with Gasteiger partial charge in [-0.05, 0) is 66.0 Å². The summed E-state index contributed by atoms with van der Waals surface area (Å²) < 4.78 is 25.0. The van der Waals surface area contributed by atoms with Crippen LogP contribution in [-0.2, 0) is 19.1 Å². The van der Waals surface area contributed by atoms with Gasteiger partial charge in [-0.1, -0.05) is 76.2 Å². The second-order valence-electron chi connectivity index (χ2n) is 16.5. The molecule has 8 rings (SSSR count). The van der Waals surface area contributed by atoms with Crippen LogP contribution in [-0.4, -0.2) is 92.1 Å². The lowest BCUT2D eigenvalue weighted by Crippen LogP contribution is -2.52. The van der Waals surface area contributed by atoms with Crippen LogP contribution < -0.4 is 10.6 Å². The average molecular weight is 781 g/mol. The number of carbonyl (C=O) groups excluding carboxylic acids is 4. The van der Waals surface area contributed by atoms with Crippen LogP contribution in [0.4, 0.5) is 14.0 Å². The Hall–Kier alpha value is -5.73. The number of aromatic amines is 2. The van der Waals surface area contributed by atoms with Crippen molar-refractivity contribution in [2.24, 2.45) is 23.7 Å². The van der Waals surface area contributed by atoms with Crippen LogP contribution >= 0.6 is 0 Å². The van der Waals surface area contributed by atoms with E-state index < -0.39 is 36.3 Å². The molecule has 57 heavy (non-hydrogen) atoms. The van der Waals surface area contributed by atoms with E-state index >= 15 is 4.39 Å². The molecule has 4 aromatic rings. The largest absolute Gasteiger partial charge is 0.453 e. The Balaban J connectivity index is 0.947. The smallest absolute Gasteiger partial charge is 0.407 e. The number of hydrogen-bond donors (Lipinski definition) is 4. The number of imidazole rings is 2. The monoisotopic (exact) mass is 780 g/mol. The van der Waals surface area contributed by atoms with Gasteiger partial charge in [0.05, 0.1) is 38.2 Å². The standard InChI is InChI=1S/C42H49FN8O6/c1-20(2)33(47-41(54)56-5)39(52)50-29-15-26(29)17-31(50)37-44-19-28(45-37)24-11-7-22(8-12-24)23-9-13-25(14-10-23)35-36(43)49-38(46-35)32-18-27-16-30(27)51(32)40(53)34(21(3)4)48-42(55)57-6/h7-14,19-21,26-27,29-34H,15-18H2,1-6H3,(H,44,45)(H,46,49)(H,47,54)(H,48,55)/t26-,27?,29-,30?,31+,32+,33+,34+/m1/s1. The van der Waals surface area contributed by atoms with E-state index in [0.717, 1.165) is 47.5 Å². The Morgan fingerprint density at radius 2 is 1.14 bits per heavy atom. The lowest BCUT2D eigenvalue weighted by atomic mass is 10.0. The van der Waals surface area contributed by atoms with Crippen molar-refractivity contribution in [3.63, 3.8) is 0 Å². The molecule has 14 nitrogen and oxygen atoms in total.